The highest BCUT2D eigenvalue weighted by Gasteiger charge is 2.60. The van der Waals surface area contributed by atoms with Crippen molar-refractivity contribution in [3.05, 3.63) is 70.7 Å². The number of hydrogen-bond donors (Lipinski definition) is 0. The van der Waals surface area contributed by atoms with Crippen molar-refractivity contribution in [2.75, 3.05) is 48.1 Å². The lowest BCUT2D eigenvalue weighted by atomic mass is 9.76. The van der Waals surface area contributed by atoms with E-state index in [2.05, 4.69) is 56.5 Å². The van der Waals surface area contributed by atoms with Gasteiger partial charge in [-0.15, -0.1) is 0 Å². The maximum atomic E-state index is 13.8. The van der Waals surface area contributed by atoms with Crippen LogP contribution in [0.3, 0.4) is 0 Å². The van der Waals surface area contributed by atoms with E-state index in [0.717, 1.165) is 73.8 Å². The quantitative estimate of drug-likeness (QED) is 0.230. The van der Waals surface area contributed by atoms with Crippen LogP contribution in [-0.2, 0) is 20.8 Å². The average Bonchev–Trinajstić information content (AvgIpc) is 3.74. The molecule has 2 aliphatic carbocycles. The van der Waals surface area contributed by atoms with Gasteiger partial charge in [0.1, 0.15) is 17.3 Å². The van der Waals surface area contributed by atoms with Crippen LogP contribution in [0, 0.1) is 11.3 Å². The van der Waals surface area contributed by atoms with E-state index < -0.39 is 0 Å². The second-order valence-corrected chi connectivity index (χ2v) is 12.3. The Kier molecular flexibility index (Phi) is 9.94. The number of fused-ring (bicyclic) bond motifs is 2. The lowest BCUT2D eigenvalue weighted by Crippen LogP contribution is -2.35. The van der Waals surface area contributed by atoms with Crippen molar-refractivity contribution in [1.29, 1.82) is 0 Å². The van der Waals surface area contributed by atoms with Crippen LogP contribution < -0.4 is 9.47 Å². The summed E-state index contributed by atoms with van der Waals surface area (Å²) in [6, 6.07) is 6.06. The van der Waals surface area contributed by atoms with Crippen LogP contribution in [0.25, 0.3) is 0 Å². The summed E-state index contributed by atoms with van der Waals surface area (Å²) in [7, 11) is 6.87. The van der Waals surface area contributed by atoms with Crippen LogP contribution in [-0.4, -0.2) is 69.4 Å². The van der Waals surface area contributed by atoms with E-state index in [4.69, 9.17) is 18.9 Å². The number of allylic oxidation sites excluding steroid dienone is 3. The van der Waals surface area contributed by atoms with Gasteiger partial charge < -0.3 is 23.8 Å². The van der Waals surface area contributed by atoms with E-state index >= 15 is 0 Å². The number of hydrogen-bond acceptors (Lipinski definition) is 6. The molecule has 230 valence electrons. The molecule has 0 saturated heterocycles. The highest BCUT2D eigenvalue weighted by molar-refractivity contribution is 5.94. The molecule has 1 fully saturated rings. The maximum Gasteiger partial charge on any atom is 0.253 e. The van der Waals surface area contributed by atoms with E-state index in [-0.39, 0.29) is 22.8 Å². The minimum Gasteiger partial charge on any atom is -0.497 e. The smallest absolute Gasteiger partial charge is 0.253 e. The maximum absolute atomic E-state index is 13.8. The van der Waals surface area contributed by atoms with E-state index in [9.17, 15) is 4.79 Å². The number of nitrogens with zero attached hydrogens (tertiary/aromatic N) is 2. The lowest BCUT2D eigenvalue weighted by molar-refractivity contribution is -0.125. The van der Waals surface area contributed by atoms with Crippen LogP contribution in [0.2, 0.25) is 0 Å². The molecule has 7 nitrogen and oxygen atoms in total. The van der Waals surface area contributed by atoms with Crippen molar-refractivity contribution in [1.82, 2.24) is 9.80 Å². The number of carbonyl (C=O) groups excluding carboxylic acids is 1. The zero-order valence-electron chi connectivity index (χ0n) is 27.0. The number of amides is 1. The lowest BCUT2D eigenvalue weighted by Gasteiger charge is -2.32. The third-order valence-corrected chi connectivity index (χ3v) is 9.00. The first kappa shape index (κ1) is 31.9. The Morgan fingerprint density at radius 3 is 2.29 bits per heavy atom. The molecule has 7 heteroatoms. The zero-order chi connectivity index (χ0) is 30.7. The van der Waals surface area contributed by atoms with Crippen molar-refractivity contribution in [2.45, 2.75) is 71.9 Å². The van der Waals surface area contributed by atoms with Gasteiger partial charge in [0.2, 0.25) is 0 Å². The number of ether oxygens (including phenoxy) is 4. The summed E-state index contributed by atoms with van der Waals surface area (Å²) in [5, 5.41) is 0. The summed E-state index contributed by atoms with van der Waals surface area (Å²) in [5.41, 5.74) is 4.66. The van der Waals surface area contributed by atoms with Crippen molar-refractivity contribution in [3.63, 3.8) is 0 Å². The summed E-state index contributed by atoms with van der Waals surface area (Å²) in [6.45, 7) is 16.0. The predicted octanol–water partition coefficient (Wildman–Crippen LogP) is 6.66. The van der Waals surface area contributed by atoms with E-state index in [1.54, 1.807) is 28.4 Å². The van der Waals surface area contributed by atoms with Crippen LogP contribution >= 0.6 is 0 Å². The van der Waals surface area contributed by atoms with Gasteiger partial charge in [-0.25, -0.2) is 0 Å². The predicted molar refractivity (Wildman–Crippen MR) is 167 cm³/mol. The summed E-state index contributed by atoms with van der Waals surface area (Å²) in [4.78, 5) is 18.3. The molecule has 2 unspecified atom stereocenters. The zero-order valence-corrected chi connectivity index (χ0v) is 27.0. The number of rotatable bonds is 14. The van der Waals surface area contributed by atoms with Crippen LogP contribution in [0.4, 0.5) is 0 Å². The number of methoxy groups -OCH3 is 4. The largest absolute Gasteiger partial charge is 0.497 e. The summed E-state index contributed by atoms with van der Waals surface area (Å²) in [5.74, 6) is 2.73. The average molecular weight is 579 g/mol. The van der Waals surface area contributed by atoms with Gasteiger partial charge in [-0.2, -0.15) is 0 Å². The van der Waals surface area contributed by atoms with Gasteiger partial charge in [-0.05, 0) is 74.5 Å². The van der Waals surface area contributed by atoms with Crippen molar-refractivity contribution in [3.8, 4) is 11.5 Å². The van der Waals surface area contributed by atoms with Gasteiger partial charge in [0, 0.05) is 54.4 Å². The van der Waals surface area contributed by atoms with E-state index in [1.807, 2.05) is 17.9 Å². The molecule has 0 radical (unpaired) electrons. The Labute approximate surface area is 252 Å². The second kappa shape index (κ2) is 13.1. The van der Waals surface area contributed by atoms with Crippen LogP contribution in [0.15, 0.2) is 65.1 Å². The minimum absolute atomic E-state index is 0.0133. The third kappa shape index (κ3) is 6.47. The molecule has 0 spiro atoms. The Bertz CT molecular complexity index is 1250. The summed E-state index contributed by atoms with van der Waals surface area (Å²) >= 11 is 0. The topological polar surface area (TPSA) is 60.5 Å². The fraction of sp³-hybridized carbons (Fsp3) is 0.571. The molecule has 0 bridgehead atoms. The Morgan fingerprint density at radius 1 is 1.02 bits per heavy atom. The minimum atomic E-state index is -0.329. The Balaban J connectivity index is 1.58. The molecular formula is C35H50N2O5. The molecule has 0 aromatic heterocycles. The molecule has 1 aromatic carbocycles. The standard InChI is InChI=1S/C35H50N2O5/c1-10-14-36(22-25-16-27(39-6)18-28(17-25)40-7)15-12-13-26-19-34(4,5)32-29(23-37(26)33(38)24(3)11-2)30-20-35(30,42-9)21-31(32)41-8/h16-19,21,30H,3,10-15,20,22-23H2,1-2,4-9H3. The molecule has 0 N–H and O–H groups in total. The highest BCUT2D eigenvalue weighted by Crippen LogP contribution is 2.60. The third-order valence-electron chi connectivity index (χ3n) is 9.00. The van der Waals surface area contributed by atoms with Gasteiger partial charge in [0.15, 0.2) is 0 Å². The number of benzene rings is 1. The normalized spacial score (nSPS) is 22.5. The highest BCUT2D eigenvalue weighted by atomic mass is 16.5. The van der Waals surface area contributed by atoms with Crippen LogP contribution in [0.5, 0.6) is 11.5 Å². The van der Waals surface area contributed by atoms with Gasteiger partial charge in [0.05, 0.1) is 26.9 Å². The van der Waals surface area contributed by atoms with Gasteiger partial charge in [0.25, 0.3) is 5.91 Å². The van der Waals surface area contributed by atoms with Gasteiger partial charge in [-0.3, -0.25) is 9.69 Å². The molecule has 1 heterocycles. The Morgan fingerprint density at radius 2 is 1.71 bits per heavy atom. The Hall–Kier alpha value is -3.03. The molecule has 1 amide bonds. The molecular weight excluding hydrogens is 528 g/mol. The van der Waals surface area contributed by atoms with Gasteiger partial charge in [-0.1, -0.05) is 40.3 Å². The molecule has 3 aliphatic rings. The summed E-state index contributed by atoms with van der Waals surface area (Å²) in [6.07, 6.45) is 8.77. The second-order valence-electron chi connectivity index (χ2n) is 12.3. The SMILES string of the molecule is C=C(CC)C(=O)N1CC2=C(C(OC)=CC3(OC)CC23)C(C)(C)C=C1CCCN(CCC)Cc1cc(OC)cc(OC)c1. The fourth-order valence-corrected chi connectivity index (χ4v) is 6.71. The first-order valence-corrected chi connectivity index (χ1v) is 15.3. The summed E-state index contributed by atoms with van der Waals surface area (Å²) < 4.78 is 22.9. The first-order chi connectivity index (χ1) is 20.1. The molecule has 1 aliphatic heterocycles. The monoisotopic (exact) mass is 578 g/mol. The van der Waals surface area contributed by atoms with Crippen molar-refractivity contribution >= 4 is 5.91 Å². The van der Waals surface area contributed by atoms with Crippen molar-refractivity contribution < 1.29 is 23.7 Å². The molecule has 2 atom stereocenters. The fourth-order valence-electron chi connectivity index (χ4n) is 6.71. The van der Waals surface area contributed by atoms with Crippen LogP contribution in [0.1, 0.15) is 65.4 Å². The molecule has 1 aromatic rings. The molecule has 42 heavy (non-hydrogen) atoms. The first-order valence-electron chi connectivity index (χ1n) is 15.3. The van der Waals surface area contributed by atoms with E-state index in [1.165, 1.54) is 11.1 Å². The van der Waals surface area contributed by atoms with E-state index in [0.29, 0.717) is 18.5 Å². The number of carbonyl (C=O) groups is 1. The molecule has 1 saturated carbocycles. The van der Waals surface area contributed by atoms with Crippen molar-refractivity contribution in [2.24, 2.45) is 11.3 Å². The van der Waals surface area contributed by atoms with Gasteiger partial charge >= 0.3 is 0 Å². The molecule has 4 rings (SSSR count).